The van der Waals surface area contributed by atoms with Crippen molar-refractivity contribution in [2.24, 2.45) is 0 Å². The van der Waals surface area contributed by atoms with Gasteiger partial charge >= 0.3 is 6.03 Å². The molecule has 0 aliphatic rings. The van der Waals surface area contributed by atoms with Gasteiger partial charge in [-0.2, -0.15) is 5.26 Å². The van der Waals surface area contributed by atoms with E-state index in [-0.39, 0.29) is 18.5 Å². The molecule has 0 radical (unpaired) electrons. The molecular weight excluding hydrogens is 318 g/mol. The number of nitriles is 1. The number of hydrogen-bond donors (Lipinski definition) is 1. The summed E-state index contributed by atoms with van der Waals surface area (Å²) in [5.41, 5.74) is 2.49. The predicted molar refractivity (Wildman–Crippen MR) is 93.7 cm³/mol. The molecule has 7 heteroatoms. The number of nitrogens with one attached hydrogen (secondary N) is 1. The molecule has 2 amide bonds. The molecule has 1 N–H and O–H groups in total. The zero-order valence-corrected chi connectivity index (χ0v) is 13.9. The Bertz CT molecular complexity index is 930. The number of nitrogens with zero attached hydrogens (tertiary/aromatic N) is 4. The average molecular weight is 335 g/mol. The van der Waals surface area contributed by atoms with Gasteiger partial charge < -0.3 is 14.6 Å². The second-order valence-electron chi connectivity index (χ2n) is 5.67. The highest BCUT2D eigenvalue weighted by Gasteiger charge is 2.16. The fraction of sp³-hybridized carbons (Fsp3) is 0.222. The van der Waals surface area contributed by atoms with Gasteiger partial charge in [0.25, 0.3) is 0 Å². The summed E-state index contributed by atoms with van der Waals surface area (Å²) in [6.07, 6.45) is 1.95. The molecule has 0 spiro atoms. The van der Waals surface area contributed by atoms with Gasteiger partial charge in [0.1, 0.15) is 11.2 Å². The highest BCUT2D eigenvalue weighted by atomic mass is 16.3. The van der Waals surface area contributed by atoms with E-state index in [4.69, 9.17) is 9.68 Å². The lowest BCUT2D eigenvalue weighted by molar-refractivity contribution is 0.208. The SMILES string of the molecule is CC(CC#N)N(C)C(=O)Nc1ccc2nc(-c3ccccn3)oc2c1. The van der Waals surface area contributed by atoms with Gasteiger partial charge in [-0.05, 0) is 31.2 Å². The number of rotatable bonds is 4. The first-order valence-electron chi connectivity index (χ1n) is 7.81. The second-order valence-corrected chi connectivity index (χ2v) is 5.67. The molecule has 3 rings (SSSR count). The normalized spacial score (nSPS) is 11.7. The Hall–Kier alpha value is -3.40. The fourth-order valence-corrected chi connectivity index (χ4v) is 2.28. The number of aromatic nitrogens is 2. The van der Waals surface area contributed by atoms with Gasteiger partial charge in [0.05, 0.1) is 12.5 Å². The molecule has 0 aliphatic carbocycles. The van der Waals surface area contributed by atoms with Gasteiger partial charge in [-0.15, -0.1) is 0 Å². The van der Waals surface area contributed by atoms with Crippen molar-refractivity contribution >= 4 is 22.8 Å². The number of hydrogen-bond acceptors (Lipinski definition) is 5. The van der Waals surface area contributed by atoms with Crippen molar-refractivity contribution < 1.29 is 9.21 Å². The first-order chi connectivity index (χ1) is 12.1. The lowest BCUT2D eigenvalue weighted by Crippen LogP contribution is -2.38. The molecule has 1 unspecified atom stereocenters. The first kappa shape index (κ1) is 16.5. The van der Waals surface area contributed by atoms with E-state index in [0.29, 0.717) is 28.4 Å². The molecule has 0 saturated carbocycles. The third-order valence-corrected chi connectivity index (χ3v) is 3.89. The highest BCUT2D eigenvalue weighted by molar-refractivity contribution is 5.91. The van der Waals surface area contributed by atoms with Gasteiger partial charge in [0, 0.05) is 31.0 Å². The minimum Gasteiger partial charge on any atom is -0.435 e. The quantitative estimate of drug-likeness (QED) is 0.785. The average Bonchev–Trinajstić information content (AvgIpc) is 3.05. The van der Waals surface area contributed by atoms with Crippen LogP contribution in [0.3, 0.4) is 0 Å². The number of pyridine rings is 1. The predicted octanol–water partition coefficient (Wildman–Crippen LogP) is 3.66. The van der Waals surface area contributed by atoms with Crippen LogP contribution in [-0.4, -0.2) is 34.0 Å². The van der Waals surface area contributed by atoms with Crippen molar-refractivity contribution in [3.63, 3.8) is 0 Å². The third kappa shape index (κ3) is 3.58. The van der Waals surface area contributed by atoms with E-state index in [1.165, 1.54) is 4.90 Å². The minimum atomic E-state index is -0.286. The van der Waals surface area contributed by atoms with E-state index in [2.05, 4.69) is 21.4 Å². The number of urea groups is 1. The Morgan fingerprint density at radius 3 is 2.96 bits per heavy atom. The summed E-state index contributed by atoms with van der Waals surface area (Å²) in [6.45, 7) is 1.82. The van der Waals surface area contributed by atoms with Crippen molar-refractivity contribution in [2.45, 2.75) is 19.4 Å². The first-order valence-corrected chi connectivity index (χ1v) is 7.81. The molecule has 7 nitrogen and oxygen atoms in total. The van der Waals surface area contributed by atoms with Crippen LogP contribution in [-0.2, 0) is 0 Å². The second kappa shape index (κ2) is 7.01. The van der Waals surface area contributed by atoms with Crippen LogP contribution in [0.2, 0.25) is 0 Å². The molecular formula is C18H17N5O2. The van der Waals surface area contributed by atoms with Gasteiger partial charge in [0.15, 0.2) is 5.58 Å². The molecule has 0 saturated heterocycles. The Labute approximate surface area is 144 Å². The number of carbonyl (C=O) groups excluding carboxylic acids is 1. The standard InChI is InChI=1S/C18H17N5O2/c1-12(8-9-19)23(2)18(24)21-13-6-7-14-16(11-13)25-17(22-14)15-5-3-4-10-20-15/h3-7,10-12H,8H2,1-2H3,(H,21,24). The third-order valence-electron chi connectivity index (χ3n) is 3.89. The highest BCUT2D eigenvalue weighted by Crippen LogP contribution is 2.25. The minimum absolute atomic E-state index is 0.172. The van der Waals surface area contributed by atoms with Crippen molar-refractivity contribution in [1.29, 1.82) is 5.26 Å². The van der Waals surface area contributed by atoms with Gasteiger partial charge in [-0.1, -0.05) is 6.07 Å². The van der Waals surface area contributed by atoms with Crippen molar-refractivity contribution in [2.75, 3.05) is 12.4 Å². The summed E-state index contributed by atoms with van der Waals surface area (Å²) in [5.74, 6) is 0.429. The molecule has 0 aliphatic heterocycles. The Kier molecular flexibility index (Phi) is 4.61. The summed E-state index contributed by atoms with van der Waals surface area (Å²) in [4.78, 5) is 22.4. The van der Waals surface area contributed by atoms with E-state index >= 15 is 0 Å². The van der Waals surface area contributed by atoms with Crippen LogP contribution in [0.4, 0.5) is 10.5 Å². The van der Waals surface area contributed by atoms with Crippen molar-refractivity contribution in [3.8, 4) is 17.7 Å². The van der Waals surface area contributed by atoms with Gasteiger partial charge in [-0.25, -0.2) is 9.78 Å². The molecule has 1 atom stereocenters. The molecule has 126 valence electrons. The van der Waals surface area contributed by atoms with E-state index in [9.17, 15) is 4.79 Å². The molecule has 2 heterocycles. The summed E-state index contributed by atoms with van der Waals surface area (Å²) in [6, 6.07) is 12.4. The van der Waals surface area contributed by atoms with Crippen LogP contribution in [0.15, 0.2) is 47.0 Å². The largest absolute Gasteiger partial charge is 0.435 e. The van der Waals surface area contributed by atoms with E-state index in [1.807, 2.05) is 25.1 Å². The van der Waals surface area contributed by atoms with E-state index in [1.54, 1.807) is 31.4 Å². The number of fused-ring (bicyclic) bond motifs is 1. The lowest BCUT2D eigenvalue weighted by atomic mass is 10.2. The van der Waals surface area contributed by atoms with Crippen molar-refractivity contribution in [3.05, 3.63) is 42.6 Å². The van der Waals surface area contributed by atoms with Crippen LogP contribution >= 0.6 is 0 Å². The summed E-state index contributed by atoms with van der Waals surface area (Å²) in [5, 5.41) is 11.5. The molecule has 3 aromatic rings. The molecule has 1 aromatic carbocycles. The van der Waals surface area contributed by atoms with Crippen LogP contribution < -0.4 is 5.32 Å². The topological polar surface area (TPSA) is 95.1 Å². The zero-order valence-electron chi connectivity index (χ0n) is 13.9. The number of benzene rings is 1. The maximum absolute atomic E-state index is 12.2. The Morgan fingerprint density at radius 2 is 2.24 bits per heavy atom. The monoisotopic (exact) mass is 335 g/mol. The van der Waals surface area contributed by atoms with E-state index < -0.39 is 0 Å². The summed E-state index contributed by atoms with van der Waals surface area (Å²) >= 11 is 0. The van der Waals surface area contributed by atoms with Crippen molar-refractivity contribution in [1.82, 2.24) is 14.9 Å². The smallest absolute Gasteiger partial charge is 0.321 e. The van der Waals surface area contributed by atoms with Gasteiger partial charge in [0.2, 0.25) is 5.89 Å². The Morgan fingerprint density at radius 1 is 1.40 bits per heavy atom. The number of amides is 2. The van der Waals surface area contributed by atoms with Crippen LogP contribution in [0.5, 0.6) is 0 Å². The van der Waals surface area contributed by atoms with Crippen LogP contribution in [0, 0.1) is 11.3 Å². The maximum atomic E-state index is 12.2. The molecule has 0 fully saturated rings. The Balaban J connectivity index is 1.80. The summed E-state index contributed by atoms with van der Waals surface area (Å²) < 4.78 is 5.74. The van der Waals surface area contributed by atoms with E-state index in [0.717, 1.165) is 0 Å². The van der Waals surface area contributed by atoms with Gasteiger partial charge in [-0.3, -0.25) is 4.98 Å². The van der Waals surface area contributed by atoms with Crippen LogP contribution in [0.25, 0.3) is 22.7 Å². The van der Waals surface area contributed by atoms with Crippen LogP contribution in [0.1, 0.15) is 13.3 Å². The zero-order chi connectivity index (χ0) is 17.8. The number of oxazole rings is 1. The molecule has 0 bridgehead atoms. The summed E-state index contributed by atoms with van der Waals surface area (Å²) in [7, 11) is 1.66. The number of carbonyl (C=O) groups is 1. The molecule has 2 aromatic heterocycles. The maximum Gasteiger partial charge on any atom is 0.321 e. The number of anilines is 1. The fourth-order valence-electron chi connectivity index (χ4n) is 2.28. The molecule has 25 heavy (non-hydrogen) atoms. The lowest BCUT2D eigenvalue weighted by Gasteiger charge is -2.23.